The van der Waals surface area contributed by atoms with Crippen molar-refractivity contribution in [3.05, 3.63) is 35.9 Å². The van der Waals surface area contributed by atoms with Crippen LogP contribution in [0.25, 0.3) is 0 Å². The summed E-state index contributed by atoms with van der Waals surface area (Å²) in [6.07, 6.45) is -0.484. The van der Waals surface area contributed by atoms with Gasteiger partial charge in [0.25, 0.3) is 0 Å². The van der Waals surface area contributed by atoms with Gasteiger partial charge in [0.2, 0.25) is 0 Å². The van der Waals surface area contributed by atoms with E-state index in [0.717, 1.165) is 5.56 Å². The molecule has 20 heavy (non-hydrogen) atoms. The average Bonchev–Trinajstić information content (AvgIpc) is 2.49. The summed E-state index contributed by atoms with van der Waals surface area (Å²) in [7, 11) is 0. The molecule has 3 N–H and O–H groups in total. The van der Waals surface area contributed by atoms with Gasteiger partial charge >= 0.3 is 6.09 Å². The lowest BCUT2D eigenvalue weighted by molar-refractivity contribution is -0.256. The van der Waals surface area contributed by atoms with Crippen LogP contribution in [0.3, 0.4) is 0 Å². The molecule has 110 valence electrons. The molecule has 0 saturated carbocycles. The van der Waals surface area contributed by atoms with Crippen molar-refractivity contribution < 1.29 is 19.0 Å². The van der Waals surface area contributed by atoms with E-state index >= 15 is 0 Å². The summed E-state index contributed by atoms with van der Waals surface area (Å²) in [5.41, 5.74) is 6.47. The van der Waals surface area contributed by atoms with Gasteiger partial charge in [-0.25, -0.2) is 4.79 Å². The molecule has 1 aromatic carbocycles. The highest BCUT2D eigenvalue weighted by Crippen LogP contribution is 2.16. The third-order valence-electron chi connectivity index (χ3n) is 3.09. The van der Waals surface area contributed by atoms with Crippen molar-refractivity contribution in [2.75, 3.05) is 19.8 Å². The van der Waals surface area contributed by atoms with Crippen molar-refractivity contribution in [3.8, 4) is 0 Å². The highest BCUT2D eigenvalue weighted by atomic mass is 16.7. The van der Waals surface area contributed by atoms with Crippen LogP contribution in [-0.4, -0.2) is 37.7 Å². The van der Waals surface area contributed by atoms with Gasteiger partial charge in [-0.15, -0.1) is 0 Å². The smallest absolute Gasteiger partial charge is 0.407 e. The van der Waals surface area contributed by atoms with Crippen LogP contribution in [-0.2, 0) is 20.8 Å². The summed E-state index contributed by atoms with van der Waals surface area (Å²) in [4.78, 5) is 11.6. The second-order valence-corrected chi connectivity index (χ2v) is 4.86. The molecule has 1 aliphatic rings. The van der Waals surface area contributed by atoms with Crippen LogP contribution in [0.15, 0.2) is 30.3 Å². The molecule has 0 aliphatic carbocycles. The van der Waals surface area contributed by atoms with Crippen LogP contribution in [0.4, 0.5) is 4.79 Å². The lowest BCUT2D eigenvalue weighted by Crippen LogP contribution is -2.54. The molecule has 0 bridgehead atoms. The lowest BCUT2D eigenvalue weighted by Gasteiger charge is -2.36. The molecule has 1 heterocycles. The fraction of sp³-hybridized carbons (Fsp3) is 0.500. The van der Waals surface area contributed by atoms with E-state index < -0.39 is 11.9 Å². The third-order valence-corrected chi connectivity index (χ3v) is 3.09. The molecule has 0 aromatic heterocycles. The molecule has 0 atom stereocenters. The Morgan fingerprint density at radius 1 is 1.40 bits per heavy atom. The molecule has 0 unspecified atom stereocenters. The van der Waals surface area contributed by atoms with Gasteiger partial charge in [-0.3, -0.25) is 0 Å². The van der Waals surface area contributed by atoms with Crippen LogP contribution < -0.4 is 11.1 Å². The van der Waals surface area contributed by atoms with E-state index in [0.29, 0.717) is 13.2 Å². The molecule has 1 fully saturated rings. The van der Waals surface area contributed by atoms with Gasteiger partial charge in [0.15, 0.2) is 5.79 Å². The minimum atomic E-state index is -0.758. The minimum absolute atomic E-state index is 0.224. The Balaban J connectivity index is 1.70. The first kappa shape index (κ1) is 14.8. The number of benzene rings is 1. The Kier molecular flexibility index (Phi) is 4.94. The molecule has 1 saturated heterocycles. The Labute approximate surface area is 118 Å². The zero-order valence-electron chi connectivity index (χ0n) is 11.5. The number of amides is 1. The lowest BCUT2D eigenvalue weighted by atomic mass is 10.2. The first-order chi connectivity index (χ1) is 9.61. The SMILES string of the molecule is CC1(CN)OCC(NC(=O)OCc2ccccc2)CO1. The number of hydrogen-bond acceptors (Lipinski definition) is 5. The molecule has 0 spiro atoms. The standard InChI is InChI=1S/C14H20N2O4/c1-14(10-15)19-8-12(9-20-14)16-13(17)18-7-11-5-3-2-4-6-11/h2-6,12H,7-10,15H2,1H3,(H,16,17). The van der Waals surface area contributed by atoms with Gasteiger partial charge in [-0.2, -0.15) is 0 Å². The Morgan fingerprint density at radius 3 is 2.65 bits per heavy atom. The average molecular weight is 280 g/mol. The molecule has 6 nitrogen and oxygen atoms in total. The first-order valence-corrected chi connectivity index (χ1v) is 6.56. The molecule has 0 radical (unpaired) electrons. The van der Waals surface area contributed by atoms with Crippen molar-refractivity contribution >= 4 is 6.09 Å². The highest BCUT2D eigenvalue weighted by molar-refractivity contribution is 5.67. The van der Waals surface area contributed by atoms with Crippen LogP contribution >= 0.6 is 0 Å². The third kappa shape index (κ3) is 4.19. The van der Waals surface area contributed by atoms with E-state index in [9.17, 15) is 4.79 Å². The summed E-state index contributed by atoms with van der Waals surface area (Å²) >= 11 is 0. The number of hydrogen-bond donors (Lipinski definition) is 2. The Bertz CT molecular complexity index is 430. The summed E-state index contributed by atoms with van der Waals surface area (Å²) in [5.74, 6) is -0.758. The molecule has 1 aromatic rings. The molecule has 1 amide bonds. The normalized spacial score (nSPS) is 26.0. The largest absolute Gasteiger partial charge is 0.445 e. The number of ether oxygens (including phenoxy) is 3. The Morgan fingerprint density at radius 2 is 2.05 bits per heavy atom. The molecular weight excluding hydrogens is 260 g/mol. The van der Waals surface area contributed by atoms with E-state index in [1.807, 2.05) is 30.3 Å². The van der Waals surface area contributed by atoms with Gasteiger partial charge in [0, 0.05) is 6.54 Å². The van der Waals surface area contributed by atoms with E-state index in [1.165, 1.54) is 0 Å². The van der Waals surface area contributed by atoms with E-state index in [2.05, 4.69) is 5.32 Å². The predicted octanol–water partition coefficient (Wildman–Crippen LogP) is 1.00. The zero-order valence-corrected chi connectivity index (χ0v) is 11.5. The van der Waals surface area contributed by atoms with Gasteiger partial charge < -0.3 is 25.3 Å². The van der Waals surface area contributed by atoms with Crippen molar-refractivity contribution in [1.29, 1.82) is 0 Å². The molecule has 6 heteroatoms. The minimum Gasteiger partial charge on any atom is -0.445 e. The van der Waals surface area contributed by atoms with Crippen molar-refractivity contribution in [1.82, 2.24) is 5.32 Å². The van der Waals surface area contributed by atoms with Crippen LogP contribution in [0.1, 0.15) is 12.5 Å². The maximum Gasteiger partial charge on any atom is 0.407 e. The number of nitrogens with one attached hydrogen (secondary N) is 1. The van der Waals surface area contributed by atoms with Crippen molar-refractivity contribution in [3.63, 3.8) is 0 Å². The summed E-state index contributed by atoms with van der Waals surface area (Å²) in [6, 6.07) is 9.27. The number of rotatable bonds is 4. The number of alkyl carbamates (subject to hydrolysis) is 1. The van der Waals surface area contributed by atoms with Crippen molar-refractivity contribution in [2.45, 2.75) is 25.4 Å². The number of carbonyl (C=O) groups excluding carboxylic acids is 1. The second-order valence-electron chi connectivity index (χ2n) is 4.86. The monoisotopic (exact) mass is 280 g/mol. The predicted molar refractivity (Wildman–Crippen MR) is 72.9 cm³/mol. The topological polar surface area (TPSA) is 82.8 Å². The van der Waals surface area contributed by atoms with Crippen molar-refractivity contribution in [2.24, 2.45) is 5.73 Å². The van der Waals surface area contributed by atoms with Gasteiger partial charge in [-0.05, 0) is 12.5 Å². The van der Waals surface area contributed by atoms with Crippen LogP contribution in [0.2, 0.25) is 0 Å². The zero-order chi connectivity index (χ0) is 14.4. The Hall–Kier alpha value is -1.63. The fourth-order valence-electron chi connectivity index (χ4n) is 1.78. The quantitative estimate of drug-likeness (QED) is 0.860. The summed E-state index contributed by atoms with van der Waals surface area (Å²) < 4.78 is 16.1. The van der Waals surface area contributed by atoms with Crippen LogP contribution in [0.5, 0.6) is 0 Å². The summed E-state index contributed by atoms with van der Waals surface area (Å²) in [6.45, 7) is 3.00. The second kappa shape index (κ2) is 6.69. The van der Waals surface area contributed by atoms with Gasteiger partial charge in [0.1, 0.15) is 6.61 Å². The molecular formula is C14H20N2O4. The van der Waals surface area contributed by atoms with E-state index in [4.69, 9.17) is 19.9 Å². The fourth-order valence-corrected chi connectivity index (χ4v) is 1.78. The molecule has 1 aliphatic heterocycles. The van der Waals surface area contributed by atoms with E-state index in [1.54, 1.807) is 6.92 Å². The van der Waals surface area contributed by atoms with Gasteiger partial charge in [-0.1, -0.05) is 30.3 Å². The highest BCUT2D eigenvalue weighted by Gasteiger charge is 2.32. The van der Waals surface area contributed by atoms with Gasteiger partial charge in [0.05, 0.1) is 19.3 Å². The number of nitrogens with two attached hydrogens (primary N) is 1. The summed E-state index contributed by atoms with van der Waals surface area (Å²) in [5, 5.41) is 2.70. The molecule has 2 rings (SSSR count). The van der Waals surface area contributed by atoms with Crippen LogP contribution in [0, 0.1) is 0 Å². The maximum absolute atomic E-state index is 11.6. The first-order valence-electron chi connectivity index (χ1n) is 6.56. The maximum atomic E-state index is 11.6. The van der Waals surface area contributed by atoms with E-state index in [-0.39, 0.29) is 19.2 Å². The number of carbonyl (C=O) groups is 1.